The monoisotopic (exact) mass is 349 g/mol. The highest BCUT2D eigenvalue weighted by Crippen LogP contribution is 2.32. The zero-order chi connectivity index (χ0) is 18.0. The molecule has 1 unspecified atom stereocenters. The Morgan fingerprint density at radius 2 is 2.08 bits per heavy atom. The summed E-state index contributed by atoms with van der Waals surface area (Å²) >= 11 is 0. The van der Waals surface area contributed by atoms with E-state index in [1.54, 1.807) is 4.57 Å². The number of ether oxygens (including phenoxy) is 1. The van der Waals surface area contributed by atoms with Gasteiger partial charge in [0.15, 0.2) is 17.7 Å². The average Bonchev–Trinajstić information content (AvgIpc) is 3.13. The molecule has 136 valence electrons. The number of likely N-dealkylation sites (N-methyl/N-ethyl adjacent to an activating group) is 1. The van der Waals surface area contributed by atoms with Crippen LogP contribution < -0.4 is 11.5 Å². The lowest BCUT2D eigenvalue weighted by molar-refractivity contribution is -0.0414. The molecule has 3 heterocycles. The Morgan fingerprint density at radius 3 is 2.84 bits per heavy atom. The molecular weight excluding hydrogens is 326 g/mol. The first kappa shape index (κ1) is 17.7. The van der Waals surface area contributed by atoms with E-state index in [0.717, 1.165) is 0 Å². The fourth-order valence-electron chi connectivity index (χ4n) is 2.90. The van der Waals surface area contributed by atoms with Gasteiger partial charge in [0.1, 0.15) is 30.2 Å². The largest absolute Gasteiger partial charge is 0.387 e. The molecule has 0 radical (unpaired) electrons. The van der Waals surface area contributed by atoms with Gasteiger partial charge in [-0.25, -0.2) is 15.0 Å². The van der Waals surface area contributed by atoms with Crippen molar-refractivity contribution in [3.63, 3.8) is 0 Å². The summed E-state index contributed by atoms with van der Waals surface area (Å²) in [5.41, 5.74) is 12.1. The van der Waals surface area contributed by atoms with Crippen LogP contribution in [0.5, 0.6) is 0 Å². The quantitative estimate of drug-likeness (QED) is 0.456. The molecule has 0 amide bonds. The van der Waals surface area contributed by atoms with Gasteiger partial charge in [-0.05, 0) is 7.05 Å². The van der Waals surface area contributed by atoms with Crippen LogP contribution in [-0.4, -0.2) is 79.6 Å². The topological polar surface area (TPSA) is 149 Å². The number of aliphatic hydroxyl groups is 2. The molecule has 2 aromatic rings. The first-order chi connectivity index (χ1) is 12.0. The standard InChI is InChI=1S/C15H23N7O3/c1-21(5-3-2-4-16)6-9-11(23)12(24)15(25-9)22-8-20-10-13(17)18-7-19-14(10)22/h2-3,7-9,11-12,15,23-24H,4-6,16H2,1H3,(H2,17,18,19)/t9-,11?,12+,15-/m1/s1. The van der Waals surface area contributed by atoms with E-state index in [4.69, 9.17) is 16.2 Å². The second kappa shape index (κ2) is 7.42. The minimum Gasteiger partial charge on any atom is -0.387 e. The van der Waals surface area contributed by atoms with Gasteiger partial charge >= 0.3 is 0 Å². The number of nitrogen functional groups attached to an aromatic ring is 1. The summed E-state index contributed by atoms with van der Waals surface area (Å²) in [5.74, 6) is 0.250. The number of nitrogens with two attached hydrogens (primary N) is 2. The third-order valence-corrected chi connectivity index (χ3v) is 4.21. The normalized spacial score (nSPS) is 27.1. The van der Waals surface area contributed by atoms with Crippen LogP contribution in [0.25, 0.3) is 11.2 Å². The van der Waals surface area contributed by atoms with Gasteiger partial charge in [-0.15, -0.1) is 0 Å². The number of aromatic nitrogens is 4. The average molecular weight is 349 g/mol. The minimum atomic E-state index is -1.11. The number of fused-ring (bicyclic) bond motifs is 1. The molecule has 2 aromatic heterocycles. The van der Waals surface area contributed by atoms with Gasteiger partial charge in [0.25, 0.3) is 0 Å². The zero-order valence-electron chi connectivity index (χ0n) is 13.9. The van der Waals surface area contributed by atoms with Crippen LogP contribution in [-0.2, 0) is 4.74 Å². The molecule has 1 fully saturated rings. The lowest BCUT2D eigenvalue weighted by Crippen LogP contribution is -2.38. The van der Waals surface area contributed by atoms with E-state index in [9.17, 15) is 10.2 Å². The molecule has 0 aliphatic carbocycles. The second-order valence-electron chi connectivity index (χ2n) is 6.06. The summed E-state index contributed by atoms with van der Waals surface area (Å²) in [6.07, 6.45) is 3.13. The van der Waals surface area contributed by atoms with Gasteiger partial charge in [0.2, 0.25) is 0 Å². The molecule has 10 heteroatoms. The number of anilines is 1. The summed E-state index contributed by atoms with van der Waals surface area (Å²) in [7, 11) is 1.90. The van der Waals surface area contributed by atoms with Crippen LogP contribution in [0.1, 0.15) is 6.23 Å². The predicted molar refractivity (Wildman–Crippen MR) is 91.4 cm³/mol. The molecule has 1 saturated heterocycles. The highest BCUT2D eigenvalue weighted by molar-refractivity contribution is 5.81. The van der Waals surface area contributed by atoms with Crippen LogP contribution in [0.3, 0.4) is 0 Å². The Morgan fingerprint density at radius 1 is 1.28 bits per heavy atom. The molecule has 6 N–H and O–H groups in total. The van der Waals surface area contributed by atoms with Crippen molar-refractivity contribution in [3.05, 3.63) is 24.8 Å². The molecule has 1 aliphatic heterocycles. The predicted octanol–water partition coefficient (Wildman–Crippen LogP) is -1.53. The van der Waals surface area contributed by atoms with Gasteiger partial charge in [0, 0.05) is 19.6 Å². The van der Waals surface area contributed by atoms with Crippen LogP contribution >= 0.6 is 0 Å². The second-order valence-corrected chi connectivity index (χ2v) is 6.06. The SMILES string of the molecule is CN(CC=CCN)C[C@H]1O[C@@H](n2cnc3c(N)ncnc32)[C@@H](O)C1O. The number of hydrogen-bond donors (Lipinski definition) is 4. The van der Waals surface area contributed by atoms with E-state index in [1.165, 1.54) is 12.7 Å². The van der Waals surface area contributed by atoms with Crippen molar-refractivity contribution >= 4 is 17.0 Å². The molecule has 0 aromatic carbocycles. The van der Waals surface area contributed by atoms with E-state index in [2.05, 4.69) is 15.0 Å². The molecule has 10 nitrogen and oxygen atoms in total. The van der Waals surface area contributed by atoms with Crippen molar-refractivity contribution in [2.45, 2.75) is 24.5 Å². The summed E-state index contributed by atoms with van der Waals surface area (Å²) in [6.45, 7) is 1.60. The van der Waals surface area contributed by atoms with Crippen molar-refractivity contribution < 1.29 is 14.9 Å². The molecular formula is C15H23N7O3. The summed E-state index contributed by atoms with van der Waals surface area (Å²) in [4.78, 5) is 14.2. The fraction of sp³-hybridized carbons (Fsp3) is 0.533. The van der Waals surface area contributed by atoms with Crippen molar-refractivity contribution in [2.24, 2.45) is 5.73 Å². The Balaban J connectivity index is 1.75. The molecule has 25 heavy (non-hydrogen) atoms. The highest BCUT2D eigenvalue weighted by Gasteiger charge is 2.44. The molecule has 0 spiro atoms. The van der Waals surface area contributed by atoms with Crippen LogP contribution in [0, 0.1) is 0 Å². The van der Waals surface area contributed by atoms with Gasteiger partial charge in [-0.1, -0.05) is 12.2 Å². The van der Waals surface area contributed by atoms with E-state index >= 15 is 0 Å². The molecule has 0 saturated carbocycles. The Bertz CT molecular complexity index is 750. The van der Waals surface area contributed by atoms with E-state index in [-0.39, 0.29) is 5.82 Å². The van der Waals surface area contributed by atoms with Crippen molar-refractivity contribution in [1.82, 2.24) is 24.4 Å². The smallest absolute Gasteiger partial charge is 0.167 e. The fourth-order valence-corrected chi connectivity index (χ4v) is 2.90. The lowest BCUT2D eigenvalue weighted by Gasteiger charge is -2.21. The molecule has 4 atom stereocenters. The molecule has 3 rings (SSSR count). The highest BCUT2D eigenvalue weighted by atomic mass is 16.6. The lowest BCUT2D eigenvalue weighted by atomic mass is 10.1. The zero-order valence-corrected chi connectivity index (χ0v) is 13.9. The molecule has 0 bridgehead atoms. The number of nitrogens with zero attached hydrogens (tertiary/aromatic N) is 5. The number of imidazole rings is 1. The van der Waals surface area contributed by atoms with Gasteiger partial charge in [0.05, 0.1) is 6.33 Å². The maximum Gasteiger partial charge on any atom is 0.167 e. The minimum absolute atomic E-state index is 0.250. The van der Waals surface area contributed by atoms with E-state index < -0.39 is 24.5 Å². The van der Waals surface area contributed by atoms with Gasteiger partial charge < -0.3 is 31.3 Å². The molecule has 1 aliphatic rings. The Hall–Kier alpha value is -2.11. The van der Waals surface area contributed by atoms with Crippen LogP contribution in [0.4, 0.5) is 5.82 Å². The third-order valence-electron chi connectivity index (χ3n) is 4.21. The number of aliphatic hydroxyl groups excluding tert-OH is 2. The third kappa shape index (κ3) is 3.48. The maximum absolute atomic E-state index is 10.4. The van der Waals surface area contributed by atoms with Crippen molar-refractivity contribution in [3.8, 4) is 0 Å². The van der Waals surface area contributed by atoms with E-state index in [0.29, 0.717) is 30.8 Å². The summed E-state index contributed by atoms with van der Waals surface area (Å²) < 4.78 is 7.45. The van der Waals surface area contributed by atoms with Crippen molar-refractivity contribution in [1.29, 1.82) is 0 Å². The number of rotatable bonds is 6. The summed E-state index contributed by atoms with van der Waals surface area (Å²) in [6, 6.07) is 0. The summed E-state index contributed by atoms with van der Waals surface area (Å²) in [5, 5.41) is 20.8. The number of hydrogen-bond acceptors (Lipinski definition) is 9. The van der Waals surface area contributed by atoms with E-state index in [1.807, 2.05) is 24.1 Å². The van der Waals surface area contributed by atoms with Gasteiger partial charge in [-0.3, -0.25) is 4.57 Å². The van der Waals surface area contributed by atoms with Crippen LogP contribution in [0.15, 0.2) is 24.8 Å². The maximum atomic E-state index is 10.4. The van der Waals surface area contributed by atoms with Crippen molar-refractivity contribution in [2.75, 3.05) is 32.4 Å². The Labute approximate surface area is 144 Å². The first-order valence-electron chi connectivity index (χ1n) is 8.01. The first-order valence-corrected chi connectivity index (χ1v) is 8.01. The Kier molecular flexibility index (Phi) is 5.25. The van der Waals surface area contributed by atoms with Gasteiger partial charge in [-0.2, -0.15) is 0 Å². The van der Waals surface area contributed by atoms with Crippen LogP contribution in [0.2, 0.25) is 0 Å².